The SMILES string of the molecule is CCOC(=O)c1cc(-c2ccc(/C=N/NC(N)=O)o2)ccc1Cl. The van der Waals surface area contributed by atoms with Crippen molar-refractivity contribution in [3.05, 3.63) is 46.7 Å². The maximum absolute atomic E-state index is 11.8. The summed E-state index contributed by atoms with van der Waals surface area (Å²) in [6, 6.07) is 7.47. The van der Waals surface area contributed by atoms with E-state index in [1.807, 2.05) is 0 Å². The van der Waals surface area contributed by atoms with Gasteiger partial charge in [0.1, 0.15) is 11.5 Å². The van der Waals surface area contributed by atoms with Crippen LogP contribution in [0.3, 0.4) is 0 Å². The first-order chi connectivity index (χ1) is 11.0. The Morgan fingerprint density at radius 2 is 2.17 bits per heavy atom. The van der Waals surface area contributed by atoms with Gasteiger partial charge in [0.05, 0.1) is 23.4 Å². The number of primary amides is 1. The van der Waals surface area contributed by atoms with Crippen LogP contribution in [0.5, 0.6) is 0 Å². The van der Waals surface area contributed by atoms with Gasteiger partial charge in [0, 0.05) is 5.56 Å². The third-order valence-corrected chi connectivity index (χ3v) is 3.07. The van der Waals surface area contributed by atoms with E-state index in [1.165, 1.54) is 6.21 Å². The highest BCUT2D eigenvalue weighted by molar-refractivity contribution is 6.33. The Kier molecular flexibility index (Phi) is 5.37. The van der Waals surface area contributed by atoms with Gasteiger partial charge in [-0.3, -0.25) is 0 Å². The molecule has 0 aliphatic rings. The van der Waals surface area contributed by atoms with E-state index in [4.69, 9.17) is 26.5 Å². The molecule has 0 saturated carbocycles. The average Bonchev–Trinajstić information content (AvgIpc) is 2.96. The lowest BCUT2D eigenvalue weighted by Crippen LogP contribution is -2.24. The fourth-order valence-corrected chi connectivity index (χ4v) is 1.98. The highest BCUT2D eigenvalue weighted by Gasteiger charge is 2.14. The van der Waals surface area contributed by atoms with Crippen molar-refractivity contribution in [2.75, 3.05) is 6.61 Å². The minimum atomic E-state index is -0.773. The molecule has 0 bridgehead atoms. The number of carbonyl (C=O) groups is 2. The van der Waals surface area contributed by atoms with Crippen LogP contribution in [0.1, 0.15) is 23.0 Å². The van der Waals surface area contributed by atoms with E-state index in [2.05, 4.69) is 10.5 Å². The number of esters is 1. The van der Waals surface area contributed by atoms with E-state index >= 15 is 0 Å². The third kappa shape index (κ3) is 4.33. The number of nitrogens with two attached hydrogens (primary N) is 1. The summed E-state index contributed by atoms with van der Waals surface area (Å²) in [6.45, 7) is 1.97. The van der Waals surface area contributed by atoms with Crippen LogP contribution >= 0.6 is 11.6 Å². The minimum Gasteiger partial charge on any atom is -0.462 e. The number of carbonyl (C=O) groups excluding carboxylic acids is 2. The number of hydrogen-bond donors (Lipinski definition) is 2. The molecule has 0 unspecified atom stereocenters. The maximum atomic E-state index is 11.8. The number of hydrazone groups is 1. The molecule has 0 radical (unpaired) electrons. The summed E-state index contributed by atoms with van der Waals surface area (Å²) in [7, 11) is 0. The van der Waals surface area contributed by atoms with Crippen LogP contribution in [0.15, 0.2) is 39.9 Å². The summed E-state index contributed by atoms with van der Waals surface area (Å²) in [5.41, 5.74) is 7.85. The Bertz CT molecular complexity index is 755. The summed E-state index contributed by atoms with van der Waals surface area (Å²) in [5, 5.41) is 3.89. The number of furan rings is 1. The Morgan fingerprint density at radius 3 is 2.87 bits per heavy atom. The zero-order valence-corrected chi connectivity index (χ0v) is 13.0. The predicted molar refractivity (Wildman–Crippen MR) is 85.4 cm³/mol. The molecule has 1 heterocycles. The number of nitrogens with one attached hydrogen (secondary N) is 1. The Hall–Kier alpha value is -2.80. The lowest BCUT2D eigenvalue weighted by Gasteiger charge is -2.05. The first kappa shape index (κ1) is 16.6. The summed E-state index contributed by atoms with van der Waals surface area (Å²) < 4.78 is 10.5. The number of amides is 2. The van der Waals surface area contributed by atoms with Gasteiger partial charge in [-0.1, -0.05) is 11.6 Å². The van der Waals surface area contributed by atoms with Crippen molar-refractivity contribution in [1.82, 2.24) is 5.43 Å². The lowest BCUT2D eigenvalue weighted by atomic mass is 10.1. The molecule has 2 rings (SSSR count). The average molecular weight is 336 g/mol. The number of benzene rings is 1. The molecule has 1 aromatic heterocycles. The van der Waals surface area contributed by atoms with E-state index in [0.29, 0.717) is 22.1 Å². The Balaban J connectivity index is 2.24. The number of hydrogen-bond acceptors (Lipinski definition) is 5. The number of urea groups is 1. The summed E-state index contributed by atoms with van der Waals surface area (Å²) in [6.07, 6.45) is 1.30. The van der Waals surface area contributed by atoms with Crippen LogP contribution in [-0.2, 0) is 4.74 Å². The molecule has 0 aliphatic heterocycles. The quantitative estimate of drug-likeness (QED) is 0.497. The predicted octanol–water partition coefficient (Wildman–Crippen LogP) is 2.78. The third-order valence-electron chi connectivity index (χ3n) is 2.74. The van der Waals surface area contributed by atoms with Gasteiger partial charge in [-0.05, 0) is 37.3 Å². The molecule has 0 spiro atoms. The molecule has 3 N–H and O–H groups in total. The van der Waals surface area contributed by atoms with Crippen LogP contribution in [0.25, 0.3) is 11.3 Å². The van der Waals surface area contributed by atoms with Crippen molar-refractivity contribution in [2.45, 2.75) is 6.92 Å². The smallest absolute Gasteiger partial charge is 0.339 e. The fraction of sp³-hybridized carbons (Fsp3) is 0.133. The van der Waals surface area contributed by atoms with Gasteiger partial charge in [0.15, 0.2) is 0 Å². The standard InChI is InChI=1S/C15H14ClN3O4/c1-2-22-14(20)11-7-9(3-5-12(11)16)13-6-4-10(23-13)8-18-19-15(17)21/h3-8H,2H2,1H3,(H3,17,19,21)/b18-8+. The van der Waals surface area contributed by atoms with Crippen molar-refractivity contribution in [3.8, 4) is 11.3 Å². The van der Waals surface area contributed by atoms with Gasteiger partial charge < -0.3 is 14.9 Å². The molecule has 120 valence electrons. The van der Waals surface area contributed by atoms with Crippen LogP contribution < -0.4 is 11.2 Å². The zero-order chi connectivity index (χ0) is 16.8. The number of nitrogens with zero attached hydrogens (tertiary/aromatic N) is 1. The molecule has 0 fully saturated rings. The highest BCUT2D eigenvalue weighted by Crippen LogP contribution is 2.27. The van der Waals surface area contributed by atoms with E-state index in [-0.39, 0.29) is 12.2 Å². The van der Waals surface area contributed by atoms with Crippen LogP contribution in [0.4, 0.5) is 4.79 Å². The molecule has 8 heteroatoms. The van der Waals surface area contributed by atoms with Gasteiger partial charge in [0.2, 0.25) is 0 Å². The molecule has 1 aromatic carbocycles. The van der Waals surface area contributed by atoms with Crippen molar-refractivity contribution < 1.29 is 18.7 Å². The molecule has 0 saturated heterocycles. The molecular weight excluding hydrogens is 322 g/mol. The maximum Gasteiger partial charge on any atom is 0.339 e. The van der Waals surface area contributed by atoms with Gasteiger partial charge in [-0.2, -0.15) is 5.10 Å². The molecule has 7 nitrogen and oxygen atoms in total. The second kappa shape index (κ2) is 7.46. The normalized spacial score (nSPS) is 10.7. The molecule has 23 heavy (non-hydrogen) atoms. The van der Waals surface area contributed by atoms with E-state index in [9.17, 15) is 9.59 Å². The first-order valence-electron chi connectivity index (χ1n) is 6.66. The largest absolute Gasteiger partial charge is 0.462 e. The topological polar surface area (TPSA) is 107 Å². The van der Waals surface area contributed by atoms with Gasteiger partial charge >= 0.3 is 12.0 Å². The molecule has 0 atom stereocenters. The van der Waals surface area contributed by atoms with Crippen molar-refractivity contribution in [1.29, 1.82) is 0 Å². The molecule has 2 amide bonds. The molecule has 0 aliphatic carbocycles. The number of rotatable bonds is 5. The van der Waals surface area contributed by atoms with Crippen LogP contribution in [0.2, 0.25) is 5.02 Å². The monoisotopic (exact) mass is 335 g/mol. The second-order valence-electron chi connectivity index (χ2n) is 4.35. The van der Waals surface area contributed by atoms with Crippen LogP contribution in [-0.4, -0.2) is 24.8 Å². The second-order valence-corrected chi connectivity index (χ2v) is 4.76. The van der Waals surface area contributed by atoms with E-state index in [1.54, 1.807) is 37.3 Å². The van der Waals surface area contributed by atoms with Gasteiger partial charge in [-0.15, -0.1) is 0 Å². The summed E-state index contributed by atoms with van der Waals surface area (Å²) in [5.74, 6) is 0.410. The highest BCUT2D eigenvalue weighted by atomic mass is 35.5. The van der Waals surface area contributed by atoms with E-state index in [0.717, 1.165) is 0 Å². The molecular formula is C15H14ClN3O4. The van der Waals surface area contributed by atoms with Crippen molar-refractivity contribution in [3.63, 3.8) is 0 Å². The lowest BCUT2D eigenvalue weighted by molar-refractivity contribution is 0.0526. The summed E-state index contributed by atoms with van der Waals surface area (Å²) >= 11 is 6.01. The zero-order valence-electron chi connectivity index (χ0n) is 12.2. The minimum absolute atomic E-state index is 0.257. The Labute approximate surface area is 137 Å². The van der Waals surface area contributed by atoms with Crippen molar-refractivity contribution in [2.24, 2.45) is 10.8 Å². The fourth-order valence-electron chi connectivity index (χ4n) is 1.78. The van der Waals surface area contributed by atoms with E-state index < -0.39 is 12.0 Å². The van der Waals surface area contributed by atoms with Gasteiger partial charge in [-0.25, -0.2) is 15.0 Å². The first-order valence-corrected chi connectivity index (χ1v) is 7.04. The van der Waals surface area contributed by atoms with Crippen LogP contribution in [0, 0.1) is 0 Å². The molecule has 2 aromatic rings. The number of ether oxygens (including phenoxy) is 1. The number of halogens is 1. The summed E-state index contributed by atoms with van der Waals surface area (Å²) in [4.78, 5) is 22.4. The van der Waals surface area contributed by atoms with Gasteiger partial charge in [0.25, 0.3) is 0 Å². The Morgan fingerprint density at radius 1 is 1.39 bits per heavy atom. The van der Waals surface area contributed by atoms with Crippen molar-refractivity contribution >= 4 is 29.8 Å².